The van der Waals surface area contributed by atoms with E-state index >= 15 is 0 Å². The first kappa shape index (κ1) is 33.7. The minimum atomic E-state index is -4.51. The number of carbonyl (C=O) groups excluding carboxylic acids is 1. The van der Waals surface area contributed by atoms with E-state index in [1.807, 2.05) is 31.0 Å². The second kappa shape index (κ2) is 13.9. The van der Waals surface area contributed by atoms with Crippen molar-refractivity contribution in [2.45, 2.75) is 58.9 Å². The molecule has 0 saturated heterocycles. The van der Waals surface area contributed by atoms with Crippen molar-refractivity contribution in [2.75, 3.05) is 50.6 Å². The van der Waals surface area contributed by atoms with Gasteiger partial charge in [-0.1, -0.05) is 18.1 Å². The predicted octanol–water partition coefficient (Wildman–Crippen LogP) is 7.04. The fraction of sp³-hybridized carbons (Fsp3) is 0.441. The number of hydrogen-bond acceptors (Lipinski definition) is 6. The molecule has 0 spiro atoms. The highest BCUT2D eigenvalue weighted by molar-refractivity contribution is 5.94. The van der Waals surface area contributed by atoms with Gasteiger partial charge in [0.05, 0.1) is 37.1 Å². The van der Waals surface area contributed by atoms with E-state index in [1.165, 1.54) is 7.11 Å². The van der Waals surface area contributed by atoms with Crippen molar-refractivity contribution in [3.05, 3.63) is 65.2 Å². The Hall–Kier alpha value is -4.17. The maximum Gasteiger partial charge on any atom is 0.406 e. The molecule has 1 N–H and O–H groups in total. The normalized spacial score (nSPS) is 14.5. The summed E-state index contributed by atoms with van der Waals surface area (Å²) in [7, 11) is 3.36. The monoisotopic (exact) mass is 628 g/mol. The van der Waals surface area contributed by atoms with Gasteiger partial charge in [0.15, 0.2) is 0 Å². The standard InChI is InChI=1S/C34H40F4N4O3/c1-23-14-15-30(31(18-23)44-6)41(21-32(43)45-33(2,3)4)17-8-10-24-19-25-27(39-28-12-9-16-40(5)20-26(28)35)11-7-13-29(25)42(24)22-34(36,37)38/h7,11,13-15,18-19,39H,9,12,16-17,20-22H2,1-6H3. The van der Waals surface area contributed by atoms with E-state index in [0.717, 1.165) is 23.1 Å². The number of likely N-dealkylation sites (N-methyl/N-ethyl adjacent to an activating group) is 1. The molecule has 0 amide bonds. The van der Waals surface area contributed by atoms with Crippen molar-refractivity contribution in [3.63, 3.8) is 0 Å². The number of nitrogens with zero attached hydrogens (tertiary/aromatic N) is 3. The topological polar surface area (TPSA) is 59.0 Å². The van der Waals surface area contributed by atoms with Crippen molar-refractivity contribution < 1.29 is 31.8 Å². The van der Waals surface area contributed by atoms with E-state index < -0.39 is 24.3 Å². The van der Waals surface area contributed by atoms with Crippen LogP contribution in [0, 0.1) is 18.8 Å². The number of fused-ring (bicyclic) bond motifs is 1. The van der Waals surface area contributed by atoms with E-state index in [-0.39, 0.29) is 31.2 Å². The molecule has 0 bridgehead atoms. The van der Waals surface area contributed by atoms with Crippen LogP contribution in [0.2, 0.25) is 0 Å². The molecule has 0 atom stereocenters. The van der Waals surface area contributed by atoms with Gasteiger partial charge in [0.1, 0.15) is 30.3 Å². The van der Waals surface area contributed by atoms with Crippen LogP contribution in [0.15, 0.2) is 54.0 Å². The lowest BCUT2D eigenvalue weighted by Gasteiger charge is -2.26. The summed E-state index contributed by atoms with van der Waals surface area (Å²) >= 11 is 0. The number of benzene rings is 2. The zero-order chi connectivity index (χ0) is 32.9. The Kier molecular flexibility index (Phi) is 10.4. The van der Waals surface area contributed by atoms with Gasteiger partial charge in [-0.15, -0.1) is 0 Å². The molecule has 0 fully saturated rings. The predicted molar refractivity (Wildman–Crippen MR) is 169 cm³/mol. The summed E-state index contributed by atoms with van der Waals surface area (Å²) in [6.07, 6.45) is -3.28. The van der Waals surface area contributed by atoms with Crippen molar-refractivity contribution in [1.82, 2.24) is 9.47 Å². The second-order valence-corrected chi connectivity index (χ2v) is 12.2. The highest BCUT2D eigenvalue weighted by Crippen LogP contribution is 2.33. The Bertz CT molecular complexity index is 1630. The van der Waals surface area contributed by atoms with Gasteiger partial charge in [-0.05, 0) is 95.9 Å². The van der Waals surface area contributed by atoms with E-state index in [9.17, 15) is 22.4 Å². The number of alkyl halides is 3. The molecule has 45 heavy (non-hydrogen) atoms. The smallest absolute Gasteiger partial charge is 0.406 e. The molecule has 0 aliphatic carbocycles. The van der Waals surface area contributed by atoms with E-state index in [4.69, 9.17) is 9.47 Å². The average Bonchev–Trinajstić information content (AvgIpc) is 3.18. The van der Waals surface area contributed by atoms with E-state index in [1.54, 1.807) is 56.0 Å². The molecular formula is C34H40F4N4O3. The third-order valence-electron chi connectivity index (χ3n) is 7.17. The zero-order valence-corrected chi connectivity index (χ0v) is 26.6. The number of hydrogen-bond donors (Lipinski definition) is 1. The average molecular weight is 629 g/mol. The number of methoxy groups -OCH3 is 1. The maximum absolute atomic E-state index is 14.9. The number of aromatic nitrogens is 1. The molecule has 1 aliphatic heterocycles. The fourth-order valence-electron chi connectivity index (χ4n) is 5.24. The number of esters is 1. The maximum atomic E-state index is 14.9. The lowest BCUT2D eigenvalue weighted by atomic mass is 10.1. The fourth-order valence-corrected chi connectivity index (χ4v) is 5.24. The SMILES string of the molecule is COc1cc(C)ccc1N(CC#Cc1cc2c(NC3=C(F)CN(C)CCC3)cccc2n1CC(F)(F)F)CC(=O)OC(C)(C)C. The Morgan fingerprint density at radius 1 is 1.13 bits per heavy atom. The number of rotatable bonds is 8. The highest BCUT2D eigenvalue weighted by Gasteiger charge is 2.30. The lowest BCUT2D eigenvalue weighted by molar-refractivity contribution is -0.153. The highest BCUT2D eigenvalue weighted by atomic mass is 19.4. The number of allylic oxidation sites excluding steroid dienone is 1. The first-order valence-corrected chi connectivity index (χ1v) is 14.8. The molecule has 242 valence electrons. The molecule has 0 unspecified atom stereocenters. The van der Waals surface area contributed by atoms with Gasteiger partial charge in [-0.3, -0.25) is 9.69 Å². The Balaban J connectivity index is 1.72. The number of ether oxygens (including phenoxy) is 2. The van der Waals surface area contributed by atoms with Crippen LogP contribution in [-0.2, 0) is 16.1 Å². The summed E-state index contributed by atoms with van der Waals surface area (Å²) in [5.74, 6) is 5.62. The van der Waals surface area contributed by atoms with Crippen molar-refractivity contribution in [2.24, 2.45) is 0 Å². The minimum absolute atomic E-state index is 0.00291. The van der Waals surface area contributed by atoms with Crippen molar-refractivity contribution in [1.29, 1.82) is 0 Å². The number of nitrogens with one attached hydrogen (secondary N) is 1. The van der Waals surface area contributed by atoms with Gasteiger partial charge in [-0.2, -0.15) is 13.2 Å². The summed E-state index contributed by atoms with van der Waals surface area (Å²) in [5.41, 5.74) is 2.22. The summed E-state index contributed by atoms with van der Waals surface area (Å²) in [6.45, 7) is 6.71. The zero-order valence-electron chi connectivity index (χ0n) is 26.6. The van der Waals surface area contributed by atoms with Crippen LogP contribution < -0.4 is 15.0 Å². The molecule has 7 nitrogen and oxygen atoms in total. The molecule has 4 rings (SSSR count). The summed E-state index contributed by atoms with van der Waals surface area (Å²) in [4.78, 5) is 16.4. The lowest BCUT2D eigenvalue weighted by Crippen LogP contribution is -2.35. The second-order valence-electron chi connectivity index (χ2n) is 12.2. The van der Waals surface area contributed by atoms with Crippen LogP contribution in [0.1, 0.15) is 44.9 Å². The molecule has 1 aromatic heterocycles. The molecule has 0 radical (unpaired) electrons. The molecule has 2 aromatic carbocycles. The summed E-state index contributed by atoms with van der Waals surface area (Å²) in [5, 5.41) is 3.65. The molecule has 1 aliphatic rings. The van der Waals surface area contributed by atoms with Crippen LogP contribution in [0.4, 0.5) is 28.9 Å². The molecule has 11 heteroatoms. The van der Waals surface area contributed by atoms with Crippen molar-refractivity contribution >= 4 is 28.2 Å². The van der Waals surface area contributed by atoms with Gasteiger partial charge in [0, 0.05) is 16.8 Å². The van der Waals surface area contributed by atoms with Crippen LogP contribution >= 0.6 is 0 Å². The Morgan fingerprint density at radius 3 is 2.58 bits per heavy atom. The van der Waals surface area contributed by atoms with Crippen LogP contribution in [-0.4, -0.2) is 67.6 Å². The summed E-state index contributed by atoms with van der Waals surface area (Å²) in [6, 6.07) is 12.0. The van der Waals surface area contributed by atoms with Crippen LogP contribution in [0.25, 0.3) is 10.9 Å². The van der Waals surface area contributed by atoms with Gasteiger partial charge in [0.25, 0.3) is 0 Å². The van der Waals surface area contributed by atoms with E-state index in [0.29, 0.717) is 40.1 Å². The minimum Gasteiger partial charge on any atom is -0.495 e. The third-order valence-corrected chi connectivity index (χ3v) is 7.17. The number of carbonyl (C=O) groups is 1. The molecule has 0 saturated carbocycles. The van der Waals surface area contributed by atoms with Gasteiger partial charge in [0.2, 0.25) is 0 Å². The van der Waals surface area contributed by atoms with Crippen molar-refractivity contribution in [3.8, 4) is 17.6 Å². The number of anilines is 2. The van der Waals surface area contributed by atoms with Gasteiger partial charge in [-0.25, -0.2) is 4.39 Å². The van der Waals surface area contributed by atoms with Crippen LogP contribution in [0.5, 0.6) is 5.75 Å². The molecule has 3 aromatic rings. The molecular weight excluding hydrogens is 588 g/mol. The van der Waals surface area contributed by atoms with Gasteiger partial charge < -0.3 is 24.3 Å². The first-order chi connectivity index (χ1) is 21.1. The quantitative estimate of drug-likeness (QED) is 0.164. The molecule has 2 heterocycles. The number of aryl methyl sites for hydroxylation is 1. The van der Waals surface area contributed by atoms with E-state index in [2.05, 4.69) is 17.2 Å². The largest absolute Gasteiger partial charge is 0.495 e. The number of halogens is 4. The Labute approximate surface area is 261 Å². The van der Waals surface area contributed by atoms with Crippen LogP contribution in [0.3, 0.4) is 0 Å². The summed E-state index contributed by atoms with van der Waals surface area (Å²) < 4.78 is 68.5. The first-order valence-electron chi connectivity index (χ1n) is 14.8. The third kappa shape index (κ3) is 9.17. The Morgan fingerprint density at radius 2 is 1.89 bits per heavy atom. The van der Waals surface area contributed by atoms with Gasteiger partial charge >= 0.3 is 12.1 Å².